The zero-order chi connectivity index (χ0) is 17.1. The smallest absolute Gasteiger partial charge is 0.312 e. The average Bonchev–Trinajstić information content (AvgIpc) is 2.74. The van der Waals surface area contributed by atoms with Gasteiger partial charge in [0.1, 0.15) is 0 Å². The minimum absolute atomic E-state index is 0.150. The molecule has 0 radical (unpaired) electrons. The standard InChI is InChI=1S/C16H23NO7/c1-9-3-4-12-10(6-8-17(19)20)13(18)21-14-16(12)11(9)5-7-15(2,22-14)23-24-16/h9-12,14H,3-8H2,1-2H3/t9-,10-,11+,12+,14-,15+,16-/m1/s1. The molecule has 0 unspecified atom stereocenters. The van der Waals surface area contributed by atoms with Crippen LogP contribution in [0.4, 0.5) is 0 Å². The van der Waals surface area contributed by atoms with E-state index in [-0.39, 0.29) is 24.8 Å². The minimum Gasteiger partial charge on any atom is -0.432 e. The minimum atomic E-state index is -0.911. The molecule has 0 aromatic heterocycles. The highest BCUT2D eigenvalue weighted by molar-refractivity contribution is 5.74. The molecule has 4 saturated heterocycles. The zero-order valence-electron chi connectivity index (χ0n) is 13.9. The van der Waals surface area contributed by atoms with E-state index in [0.29, 0.717) is 12.3 Å². The summed E-state index contributed by atoms with van der Waals surface area (Å²) in [7, 11) is 0. The quantitative estimate of drug-likeness (QED) is 0.335. The van der Waals surface area contributed by atoms with E-state index >= 15 is 0 Å². The van der Waals surface area contributed by atoms with Crippen LogP contribution in [-0.2, 0) is 24.0 Å². The number of ether oxygens (including phenoxy) is 2. The first-order chi connectivity index (χ1) is 11.4. The number of esters is 1. The molecule has 7 atom stereocenters. The van der Waals surface area contributed by atoms with Crippen LogP contribution in [0.2, 0.25) is 0 Å². The van der Waals surface area contributed by atoms with Gasteiger partial charge in [-0.1, -0.05) is 6.92 Å². The summed E-state index contributed by atoms with van der Waals surface area (Å²) in [5, 5.41) is 10.8. The van der Waals surface area contributed by atoms with Crippen molar-refractivity contribution in [3.8, 4) is 0 Å². The van der Waals surface area contributed by atoms with E-state index in [2.05, 4.69) is 6.92 Å². The van der Waals surface area contributed by atoms with E-state index in [1.54, 1.807) is 6.92 Å². The van der Waals surface area contributed by atoms with Crippen LogP contribution in [0.5, 0.6) is 0 Å². The Balaban J connectivity index is 1.72. The molecule has 5 rings (SSSR count). The Hall–Kier alpha value is -1.25. The summed E-state index contributed by atoms with van der Waals surface area (Å²) in [5.41, 5.74) is -0.844. The van der Waals surface area contributed by atoms with Gasteiger partial charge in [-0.3, -0.25) is 14.9 Å². The second-order valence-corrected chi connectivity index (χ2v) is 7.80. The normalized spacial score (nSPS) is 49.9. The third kappa shape index (κ3) is 2.19. The Morgan fingerprint density at radius 1 is 1.25 bits per heavy atom. The van der Waals surface area contributed by atoms with Gasteiger partial charge in [0, 0.05) is 29.6 Å². The molecule has 4 heterocycles. The van der Waals surface area contributed by atoms with Crippen LogP contribution in [0, 0.1) is 33.8 Å². The van der Waals surface area contributed by atoms with Gasteiger partial charge in [-0.15, -0.1) is 0 Å². The Labute approximate surface area is 139 Å². The number of nitrogens with zero attached hydrogens (tertiary/aromatic N) is 1. The number of carbonyl (C=O) groups excluding carboxylic acids is 1. The van der Waals surface area contributed by atoms with E-state index in [9.17, 15) is 14.9 Å². The van der Waals surface area contributed by atoms with Gasteiger partial charge in [-0.25, -0.2) is 9.78 Å². The molecule has 1 saturated carbocycles. The van der Waals surface area contributed by atoms with Gasteiger partial charge in [0.25, 0.3) is 0 Å². The number of hydrogen-bond donors (Lipinski definition) is 0. The number of carbonyl (C=O) groups is 1. The third-order valence-electron chi connectivity index (χ3n) is 6.41. The average molecular weight is 341 g/mol. The van der Waals surface area contributed by atoms with Gasteiger partial charge in [-0.2, -0.15) is 0 Å². The maximum atomic E-state index is 12.5. The van der Waals surface area contributed by atoms with Gasteiger partial charge in [0.15, 0.2) is 5.60 Å². The summed E-state index contributed by atoms with van der Waals surface area (Å²) < 4.78 is 11.6. The second kappa shape index (κ2) is 5.37. The number of fused-ring (bicyclic) bond motifs is 2. The maximum absolute atomic E-state index is 12.5. The molecular weight excluding hydrogens is 318 g/mol. The Morgan fingerprint density at radius 2 is 2.04 bits per heavy atom. The predicted molar refractivity (Wildman–Crippen MR) is 78.9 cm³/mol. The first-order valence-electron chi connectivity index (χ1n) is 8.73. The van der Waals surface area contributed by atoms with E-state index in [4.69, 9.17) is 19.2 Å². The topological polar surface area (TPSA) is 97.1 Å². The first kappa shape index (κ1) is 16.2. The van der Waals surface area contributed by atoms with Crippen molar-refractivity contribution in [1.29, 1.82) is 0 Å². The summed E-state index contributed by atoms with van der Waals surface area (Å²) in [6, 6.07) is 0. The number of hydrogen-bond acceptors (Lipinski definition) is 7. The molecule has 2 bridgehead atoms. The van der Waals surface area contributed by atoms with Crippen molar-refractivity contribution in [2.45, 2.75) is 63.6 Å². The van der Waals surface area contributed by atoms with Crippen molar-refractivity contribution in [2.75, 3.05) is 6.54 Å². The van der Waals surface area contributed by atoms with Gasteiger partial charge in [0.2, 0.25) is 18.6 Å². The fraction of sp³-hybridized carbons (Fsp3) is 0.938. The fourth-order valence-corrected chi connectivity index (χ4v) is 5.18. The molecule has 1 aliphatic carbocycles. The lowest BCUT2D eigenvalue weighted by Crippen LogP contribution is -2.70. The SMILES string of the molecule is C[C@@H]1CC[C@H]2[C@@H](CC[N+](=O)[O-])C(=O)O[C@@H]3O[C@]4(C)CC[C@@H]1[C@]32OO4. The maximum Gasteiger partial charge on any atom is 0.312 e. The second-order valence-electron chi connectivity index (χ2n) is 7.80. The summed E-state index contributed by atoms with van der Waals surface area (Å²) in [6.45, 7) is 3.72. The lowest BCUT2D eigenvalue weighted by molar-refractivity contribution is -0.560. The molecule has 5 aliphatic rings. The predicted octanol–water partition coefficient (Wildman–Crippen LogP) is 2.04. The van der Waals surface area contributed by atoms with Crippen molar-refractivity contribution < 1.29 is 29.0 Å². The molecule has 4 aliphatic heterocycles. The lowest BCUT2D eigenvalue weighted by atomic mass is 9.57. The van der Waals surface area contributed by atoms with Gasteiger partial charge in [-0.05, 0) is 32.1 Å². The van der Waals surface area contributed by atoms with E-state index in [0.717, 1.165) is 19.3 Å². The van der Waals surface area contributed by atoms with Crippen molar-refractivity contribution in [3.05, 3.63) is 10.1 Å². The van der Waals surface area contributed by atoms with Crippen LogP contribution >= 0.6 is 0 Å². The van der Waals surface area contributed by atoms with Crippen LogP contribution in [0.25, 0.3) is 0 Å². The number of nitro groups is 1. The highest BCUT2D eigenvalue weighted by atomic mass is 17.3. The Morgan fingerprint density at radius 3 is 2.79 bits per heavy atom. The summed E-state index contributed by atoms with van der Waals surface area (Å²) in [5.74, 6) is -1.50. The molecule has 1 spiro atoms. The molecule has 0 aromatic carbocycles. The monoisotopic (exact) mass is 341 g/mol. The summed E-state index contributed by atoms with van der Waals surface area (Å²) in [4.78, 5) is 34.4. The lowest BCUT2D eigenvalue weighted by Gasteiger charge is -2.58. The van der Waals surface area contributed by atoms with Crippen LogP contribution in [0.3, 0.4) is 0 Å². The van der Waals surface area contributed by atoms with Crippen molar-refractivity contribution >= 4 is 5.97 Å². The van der Waals surface area contributed by atoms with Crippen molar-refractivity contribution in [2.24, 2.45) is 23.7 Å². The molecule has 0 amide bonds. The molecule has 8 heteroatoms. The fourth-order valence-electron chi connectivity index (χ4n) is 5.18. The molecule has 8 nitrogen and oxygen atoms in total. The Bertz CT molecular complexity index is 569. The van der Waals surface area contributed by atoms with Crippen molar-refractivity contribution in [3.63, 3.8) is 0 Å². The van der Waals surface area contributed by atoms with Gasteiger partial charge < -0.3 is 9.47 Å². The molecular formula is C16H23NO7. The van der Waals surface area contributed by atoms with E-state index in [1.165, 1.54) is 0 Å². The molecule has 0 N–H and O–H groups in total. The highest BCUT2D eigenvalue weighted by Gasteiger charge is 2.70. The zero-order valence-corrected chi connectivity index (χ0v) is 13.9. The van der Waals surface area contributed by atoms with Crippen LogP contribution in [0.15, 0.2) is 0 Å². The highest BCUT2D eigenvalue weighted by Crippen LogP contribution is 2.60. The number of rotatable bonds is 3. The molecule has 5 fully saturated rings. The molecule has 0 aromatic rings. The molecule has 24 heavy (non-hydrogen) atoms. The van der Waals surface area contributed by atoms with E-state index in [1.807, 2.05) is 0 Å². The van der Waals surface area contributed by atoms with Gasteiger partial charge in [0.05, 0.1) is 5.92 Å². The van der Waals surface area contributed by atoms with Crippen LogP contribution < -0.4 is 0 Å². The van der Waals surface area contributed by atoms with E-state index < -0.39 is 34.5 Å². The first-order valence-corrected chi connectivity index (χ1v) is 8.73. The van der Waals surface area contributed by atoms with Gasteiger partial charge >= 0.3 is 5.97 Å². The third-order valence-corrected chi connectivity index (χ3v) is 6.41. The largest absolute Gasteiger partial charge is 0.432 e. The van der Waals surface area contributed by atoms with Crippen molar-refractivity contribution in [1.82, 2.24) is 0 Å². The summed E-state index contributed by atoms with van der Waals surface area (Å²) >= 11 is 0. The van der Waals surface area contributed by atoms with Crippen LogP contribution in [0.1, 0.15) is 46.0 Å². The molecule has 134 valence electrons. The van der Waals surface area contributed by atoms with Crippen LogP contribution in [-0.4, -0.2) is 35.1 Å². The summed E-state index contributed by atoms with van der Waals surface area (Å²) in [6.07, 6.45) is 2.62. The Kier molecular flexibility index (Phi) is 3.63.